The van der Waals surface area contributed by atoms with Gasteiger partial charge in [-0.1, -0.05) is 196 Å². The van der Waals surface area contributed by atoms with E-state index in [1.165, 1.54) is 16.1 Å². The quantitative estimate of drug-likeness (QED) is 0.135. The van der Waals surface area contributed by atoms with Crippen molar-refractivity contribution in [3.8, 4) is 90.6 Å². The molecule has 0 amide bonds. The van der Waals surface area contributed by atoms with Crippen LogP contribution in [0.25, 0.3) is 101 Å². The SMILES string of the molecule is CP(C)c1ccc(-c2ccc(-c3cccc(-c4nc(-c5ccccc5)nc(-c5ccccc5)n4)c3)cc2-c2nc(-c3ccccc3)nc(-c3ccccc3)n2)c2ccccc12. The lowest BCUT2D eigenvalue weighted by Gasteiger charge is -2.18. The summed E-state index contributed by atoms with van der Waals surface area (Å²) in [5, 5.41) is 3.85. The molecule has 0 N–H and O–H groups in total. The van der Waals surface area contributed by atoms with Gasteiger partial charge in [0.2, 0.25) is 0 Å². The van der Waals surface area contributed by atoms with Crippen LogP contribution >= 0.6 is 7.92 Å². The van der Waals surface area contributed by atoms with Crippen molar-refractivity contribution in [2.24, 2.45) is 0 Å². The van der Waals surface area contributed by atoms with E-state index in [0.717, 1.165) is 55.6 Å². The highest BCUT2D eigenvalue weighted by Crippen LogP contribution is 2.41. The number of aromatic nitrogens is 6. The Bertz CT molecular complexity index is 3040. The largest absolute Gasteiger partial charge is 0.208 e. The predicted molar refractivity (Wildman–Crippen MR) is 253 cm³/mol. The fourth-order valence-corrected chi connectivity index (χ4v) is 8.81. The molecule has 0 atom stereocenters. The summed E-state index contributed by atoms with van der Waals surface area (Å²) in [6.07, 6.45) is 0. The predicted octanol–water partition coefficient (Wildman–Crippen LogP) is 12.9. The van der Waals surface area contributed by atoms with Gasteiger partial charge in [0.15, 0.2) is 34.9 Å². The Morgan fingerprint density at radius 1 is 0.262 bits per heavy atom. The van der Waals surface area contributed by atoms with Crippen LogP contribution in [0.2, 0.25) is 0 Å². The van der Waals surface area contributed by atoms with Gasteiger partial charge < -0.3 is 0 Å². The molecule has 0 radical (unpaired) electrons. The lowest BCUT2D eigenvalue weighted by Crippen LogP contribution is -2.03. The molecule has 290 valence electrons. The molecule has 0 aliphatic rings. The summed E-state index contributed by atoms with van der Waals surface area (Å²) in [5.41, 5.74) is 9.68. The van der Waals surface area contributed by atoms with Gasteiger partial charge in [-0.15, -0.1) is 0 Å². The molecule has 0 unspecified atom stereocenters. The van der Waals surface area contributed by atoms with E-state index in [4.69, 9.17) is 29.9 Å². The molecule has 0 spiro atoms. The Morgan fingerprint density at radius 2 is 0.639 bits per heavy atom. The number of benzene rings is 8. The molecule has 0 bridgehead atoms. The summed E-state index contributed by atoms with van der Waals surface area (Å²) >= 11 is 0. The molecule has 0 saturated heterocycles. The van der Waals surface area contributed by atoms with Crippen molar-refractivity contribution >= 4 is 24.0 Å². The number of rotatable bonds is 9. The van der Waals surface area contributed by atoms with E-state index in [-0.39, 0.29) is 7.92 Å². The molecule has 7 heteroatoms. The molecular formula is C54H39N6P. The summed E-state index contributed by atoms with van der Waals surface area (Å²) in [6, 6.07) is 68.7. The minimum atomic E-state index is -0.324. The minimum absolute atomic E-state index is 0.324. The highest BCUT2D eigenvalue weighted by Gasteiger charge is 2.20. The molecule has 61 heavy (non-hydrogen) atoms. The summed E-state index contributed by atoms with van der Waals surface area (Å²) in [6.45, 7) is 4.63. The molecule has 2 heterocycles. The maximum atomic E-state index is 5.24. The van der Waals surface area contributed by atoms with Crippen LogP contribution in [0.5, 0.6) is 0 Å². The van der Waals surface area contributed by atoms with E-state index < -0.39 is 0 Å². The Labute approximate surface area is 356 Å². The van der Waals surface area contributed by atoms with Gasteiger partial charge in [0, 0.05) is 33.4 Å². The van der Waals surface area contributed by atoms with E-state index in [2.05, 4.69) is 92.2 Å². The smallest absolute Gasteiger partial charge is 0.164 e. The number of fused-ring (bicyclic) bond motifs is 1. The Hall–Kier alpha value is -7.53. The first-order valence-electron chi connectivity index (χ1n) is 20.2. The topological polar surface area (TPSA) is 77.3 Å². The van der Waals surface area contributed by atoms with E-state index in [9.17, 15) is 0 Å². The minimum Gasteiger partial charge on any atom is -0.208 e. The lowest BCUT2D eigenvalue weighted by atomic mass is 9.91. The van der Waals surface area contributed by atoms with Crippen molar-refractivity contribution in [2.75, 3.05) is 13.3 Å². The van der Waals surface area contributed by atoms with Gasteiger partial charge >= 0.3 is 0 Å². The van der Waals surface area contributed by atoms with Crippen LogP contribution in [0.3, 0.4) is 0 Å². The summed E-state index contributed by atoms with van der Waals surface area (Å²) in [5.74, 6) is 3.67. The average molecular weight is 803 g/mol. The van der Waals surface area contributed by atoms with Crippen LogP contribution in [0.1, 0.15) is 0 Å². The first-order valence-corrected chi connectivity index (χ1v) is 22.5. The van der Waals surface area contributed by atoms with Gasteiger partial charge in [0.1, 0.15) is 0 Å². The fourth-order valence-electron chi connectivity index (χ4n) is 7.76. The van der Waals surface area contributed by atoms with Gasteiger partial charge in [0.25, 0.3) is 0 Å². The van der Waals surface area contributed by atoms with Crippen molar-refractivity contribution in [3.05, 3.63) is 200 Å². The summed E-state index contributed by atoms with van der Waals surface area (Å²) in [4.78, 5) is 30.5. The number of hydrogen-bond donors (Lipinski definition) is 0. The van der Waals surface area contributed by atoms with Crippen LogP contribution in [0.4, 0.5) is 0 Å². The summed E-state index contributed by atoms with van der Waals surface area (Å²) in [7, 11) is -0.324. The maximum absolute atomic E-state index is 5.24. The lowest BCUT2D eigenvalue weighted by molar-refractivity contribution is 1.07. The monoisotopic (exact) mass is 802 g/mol. The molecule has 2 aromatic heterocycles. The Balaban J connectivity index is 1.18. The molecule has 10 aromatic rings. The second kappa shape index (κ2) is 16.6. The van der Waals surface area contributed by atoms with Crippen molar-refractivity contribution < 1.29 is 0 Å². The van der Waals surface area contributed by atoms with Crippen molar-refractivity contribution in [1.29, 1.82) is 0 Å². The molecule has 0 saturated carbocycles. The number of nitrogens with zero attached hydrogens (tertiary/aromatic N) is 6. The van der Waals surface area contributed by atoms with Crippen molar-refractivity contribution in [2.45, 2.75) is 0 Å². The van der Waals surface area contributed by atoms with E-state index in [0.29, 0.717) is 34.9 Å². The molecular weight excluding hydrogens is 764 g/mol. The average Bonchev–Trinajstić information content (AvgIpc) is 3.34. The standard InChI is InChI=1S/C54H39N6P/c1-61(2)48-33-32-44(43-28-15-16-29-46(43)48)45-31-30-41(35-47(45)54-59-51(38-22-11-5-12-23-38)56-52(60-54)39-24-13-6-14-25-39)40-26-17-27-42(34-40)53-57-49(36-18-7-3-8-19-36)55-50(58-53)37-20-9-4-10-21-37/h3-35H,1-2H3. The molecule has 10 rings (SSSR count). The van der Waals surface area contributed by atoms with Crippen LogP contribution in [-0.4, -0.2) is 43.2 Å². The normalized spacial score (nSPS) is 11.3. The molecule has 8 aromatic carbocycles. The highest BCUT2D eigenvalue weighted by molar-refractivity contribution is 7.64. The second-order valence-corrected chi connectivity index (χ2v) is 17.3. The third kappa shape index (κ3) is 7.73. The third-order valence-corrected chi connectivity index (χ3v) is 12.1. The zero-order chi connectivity index (χ0) is 41.1. The van der Waals surface area contributed by atoms with E-state index in [1.54, 1.807) is 0 Å². The molecule has 0 aliphatic carbocycles. The first kappa shape index (κ1) is 37.7. The van der Waals surface area contributed by atoms with Crippen LogP contribution in [-0.2, 0) is 0 Å². The third-order valence-electron chi connectivity index (χ3n) is 10.8. The highest BCUT2D eigenvalue weighted by atomic mass is 31.1. The first-order chi connectivity index (χ1) is 30.1. The Kier molecular flexibility index (Phi) is 10.3. The van der Waals surface area contributed by atoms with Gasteiger partial charge in [-0.25, -0.2) is 29.9 Å². The van der Waals surface area contributed by atoms with Gasteiger partial charge in [-0.05, 0) is 63.8 Å². The van der Waals surface area contributed by atoms with Crippen LogP contribution in [0.15, 0.2) is 200 Å². The zero-order valence-electron chi connectivity index (χ0n) is 33.7. The van der Waals surface area contributed by atoms with Crippen molar-refractivity contribution in [1.82, 2.24) is 29.9 Å². The van der Waals surface area contributed by atoms with Gasteiger partial charge in [-0.2, -0.15) is 0 Å². The van der Waals surface area contributed by atoms with E-state index in [1.807, 2.05) is 121 Å². The second-order valence-electron chi connectivity index (χ2n) is 15.0. The van der Waals surface area contributed by atoms with E-state index >= 15 is 0 Å². The maximum Gasteiger partial charge on any atom is 0.164 e. The van der Waals surface area contributed by atoms with Gasteiger partial charge in [-0.3, -0.25) is 0 Å². The van der Waals surface area contributed by atoms with Crippen LogP contribution < -0.4 is 5.30 Å². The zero-order valence-corrected chi connectivity index (χ0v) is 34.6. The molecule has 0 fully saturated rings. The van der Waals surface area contributed by atoms with Gasteiger partial charge in [0.05, 0.1) is 0 Å². The Morgan fingerprint density at radius 3 is 1.13 bits per heavy atom. The van der Waals surface area contributed by atoms with Crippen LogP contribution in [0, 0.1) is 0 Å². The number of hydrogen-bond acceptors (Lipinski definition) is 6. The molecule has 0 aliphatic heterocycles. The van der Waals surface area contributed by atoms with Crippen molar-refractivity contribution in [3.63, 3.8) is 0 Å². The molecule has 6 nitrogen and oxygen atoms in total. The summed E-state index contributed by atoms with van der Waals surface area (Å²) < 4.78 is 0. The fraction of sp³-hybridized carbons (Fsp3) is 0.0370.